The van der Waals surface area contributed by atoms with E-state index in [1.807, 2.05) is 30.3 Å². The molecule has 0 aliphatic carbocycles. The monoisotopic (exact) mass is 323 g/mol. The van der Waals surface area contributed by atoms with E-state index >= 15 is 0 Å². The minimum Gasteiger partial charge on any atom is -0.406 e. The third-order valence-corrected chi connectivity index (χ3v) is 3.81. The van der Waals surface area contributed by atoms with Crippen molar-refractivity contribution in [1.29, 1.82) is 0 Å². The van der Waals surface area contributed by atoms with Crippen LogP contribution in [0.1, 0.15) is 23.6 Å². The number of alkyl halides is 3. The molecule has 2 aromatic carbocycles. The van der Waals surface area contributed by atoms with Crippen LogP contribution in [0.3, 0.4) is 0 Å². The summed E-state index contributed by atoms with van der Waals surface area (Å²) >= 11 is 0. The Morgan fingerprint density at radius 2 is 1.83 bits per heavy atom. The summed E-state index contributed by atoms with van der Waals surface area (Å²) in [5, 5.41) is 13.5. The maximum atomic E-state index is 12.3. The molecule has 2 aromatic rings. The number of aliphatic hydroxyl groups is 1. The molecule has 6 heteroatoms. The lowest BCUT2D eigenvalue weighted by molar-refractivity contribution is -0.274. The number of aliphatic hydroxyl groups excluding tert-OH is 1. The maximum absolute atomic E-state index is 12.3. The van der Waals surface area contributed by atoms with Crippen molar-refractivity contribution in [2.24, 2.45) is 0 Å². The number of hydrogen-bond acceptors (Lipinski definition) is 3. The van der Waals surface area contributed by atoms with Crippen LogP contribution in [0.2, 0.25) is 0 Å². The summed E-state index contributed by atoms with van der Waals surface area (Å²) in [6, 6.07) is 13.7. The van der Waals surface area contributed by atoms with Gasteiger partial charge >= 0.3 is 6.36 Å². The zero-order chi connectivity index (χ0) is 16.4. The van der Waals surface area contributed by atoms with Crippen LogP contribution in [-0.2, 0) is 6.42 Å². The fourth-order valence-corrected chi connectivity index (χ4v) is 2.84. The molecule has 3 nitrogen and oxygen atoms in total. The van der Waals surface area contributed by atoms with Crippen molar-refractivity contribution in [3.05, 3.63) is 59.7 Å². The molecule has 0 saturated heterocycles. The second-order valence-corrected chi connectivity index (χ2v) is 5.57. The standard InChI is InChI=1S/C17H16F3NO2/c18-17(19,20)23-14-6-7-15-12(9-14)8-13(22)10-16(21-15)11-4-2-1-3-5-11/h1-7,9,13,16,21-22H,8,10H2/t13-,16+/m1/s1. The highest BCUT2D eigenvalue weighted by atomic mass is 19.4. The lowest BCUT2D eigenvalue weighted by Gasteiger charge is -2.20. The average molecular weight is 323 g/mol. The fourth-order valence-electron chi connectivity index (χ4n) is 2.84. The Morgan fingerprint density at radius 1 is 1.09 bits per heavy atom. The Kier molecular flexibility index (Phi) is 4.17. The average Bonchev–Trinajstić information content (AvgIpc) is 2.64. The van der Waals surface area contributed by atoms with Crippen molar-refractivity contribution in [2.45, 2.75) is 31.3 Å². The van der Waals surface area contributed by atoms with Crippen LogP contribution >= 0.6 is 0 Å². The van der Waals surface area contributed by atoms with Gasteiger partial charge in [0.25, 0.3) is 0 Å². The summed E-state index contributed by atoms with van der Waals surface area (Å²) in [7, 11) is 0. The summed E-state index contributed by atoms with van der Waals surface area (Å²) < 4.78 is 40.9. The van der Waals surface area contributed by atoms with E-state index in [-0.39, 0.29) is 18.2 Å². The third kappa shape index (κ3) is 3.96. The van der Waals surface area contributed by atoms with Gasteiger partial charge in [0, 0.05) is 12.1 Å². The van der Waals surface area contributed by atoms with E-state index in [0.29, 0.717) is 17.7 Å². The van der Waals surface area contributed by atoms with Crippen LogP contribution in [0.25, 0.3) is 0 Å². The van der Waals surface area contributed by atoms with Crippen molar-refractivity contribution >= 4 is 5.69 Å². The van der Waals surface area contributed by atoms with Crippen LogP contribution < -0.4 is 10.1 Å². The molecule has 3 rings (SSSR count). The molecular formula is C17H16F3NO2. The predicted molar refractivity (Wildman–Crippen MR) is 80.3 cm³/mol. The van der Waals surface area contributed by atoms with Gasteiger partial charge in [0.2, 0.25) is 0 Å². The quantitative estimate of drug-likeness (QED) is 0.876. The number of ether oxygens (including phenoxy) is 1. The van der Waals surface area contributed by atoms with Gasteiger partial charge in [-0.15, -0.1) is 13.2 Å². The number of benzene rings is 2. The number of anilines is 1. The Hall–Kier alpha value is -2.21. The minimum atomic E-state index is -4.72. The normalized spacial score (nSPS) is 21.0. The Balaban J connectivity index is 1.88. The fraction of sp³-hybridized carbons (Fsp3) is 0.294. The highest BCUT2D eigenvalue weighted by Crippen LogP contribution is 2.34. The van der Waals surface area contributed by atoms with E-state index in [2.05, 4.69) is 10.1 Å². The molecule has 0 spiro atoms. The highest BCUT2D eigenvalue weighted by Gasteiger charge is 2.31. The van der Waals surface area contributed by atoms with E-state index < -0.39 is 12.5 Å². The van der Waals surface area contributed by atoms with E-state index in [4.69, 9.17) is 0 Å². The zero-order valence-corrected chi connectivity index (χ0v) is 12.2. The SMILES string of the molecule is O[C@@H]1Cc2cc(OC(F)(F)F)ccc2N[C@H](c2ccccc2)C1. The molecule has 0 radical (unpaired) electrons. The first-order valence-electron chi connectivity index (χ1n) is 7.29. The molecule has 2 N–H and O–H groups in total. The first-order chi connectivity index (χ1) is 10.9. The minimum absolute atomic E-state index is 0.0955. The lowest BCUT2D eigenvalue weighted by Crippen LogP contribution is -2.17. The van der Waals surface area contributed by atoms with E-state index in [0.717, 1.165) is 5.56 Å². The van der Waals surface area contributed by atoms with Crippen molar-refractivity contribution in [3.8, 4) is 5.75 Å². The summed E-state index contributed by atoms with van der Waals surface area (Å²) in [4.78, 5) is 0. The van der Waals surface area contributed by atoms with Crippen LogP contribution in [0.15, 0.2) is 48.5 Å². The molecule has 122 valence electrons. The zero-order valence-electron chi connectivity index (χ0n) is 12.2. The summed E-state index contributed by atoms with van der Waals surface area (Å²) in [5.74, 6) is -0.275. The molecule has 0 unspecified atom stereocenters. The molecule has 0 aromatic heterocycles. The van der Waals surface area contributed by atoms with Gasteiger partial charge in [-0.2, -0.15) is 0 Å². The smallest absolute Gasteiger partial charge is 0.406 e. The van der Waals surface area contributed by atoms with Gasteiger partial charge < -0.3 is 15.2 Å². The largest absolute Gasteiger partial charge is 0.573 e. The van der Waals surface area contributed by atoms with E-state index in [1.54, 1.807) is 6.07 Å². The molecule has 0 saturated carbocycles. The lowest BCUT2D eigenvalue weighted by atomic mass is 10.00. The first kappa shape index (κ1) is 15.7. The van der Waals surface area contributed by atoms with Crippen LogP contribution in [0.5, 0.6) is 5.75 Å². The number of fused-ring (bicyclic) bond motifs is 1. The second-order valence-electron chi connectivity index (χ2n) is 5.57. The molecule has 23 heavy (non-hydrogen) atoms. The van der Waals surface area contributed by atoms with Crippen molar-refractivity contribution < 1.29 is 23.0 Å². The van der Waals surface area contributed by atoms with Crippen molar-refractivity contribution in [3.63, 3.8) is 0 Å². The first-order valence-corrected chi connectivity index (χ1v) is 7.29. The van der Waals surface area contributed by atoms with Gasteiger partial charge in [0.15, 0.2) is 0 Å². The Morgan fingerprint density at radius 3 is 2.52 bits per heavy atom. The molecule has 1 aliphatic heterocycles. The second kappa shape index (κ2) is 6.12. The van der Waals surface area contributed by atoms with Gasteiger partial charge in [-0.3, -0.25) is 0 Å². The molecule has 2 atom stereocenters. The maximum Gasteiger partial charge on any atom is 0.573 e. The Bertz CT molecular complexity index is 673. The summed E-state index contributed by atoms with van der Waals surface area (Å²) in [6.07, 6.45) is -4.61. The van der Waals surface area contributed by atoms with Gasteiger partial charge in [-0.05, 0) is 35.7 Å². The number of nitrogens with one attached hydrogen (secondary N) is 1. The third-order valence-electron chi connectivity index (χ3n) is 3.81. The van der Waals surface area contributed by atoms with Gasteiger partial charge in [0.1, 0.15) is 5.75 Å². The molecular weight excluding hydrogens is 307 g/mol. The summed E-state index contributed by atoms with van der Waals surface area (Å²) in [5.41, 5.74) is 2.35. The van der Waals surface area contributed by atoms with E-state index in [9.17, 15) is 18.3 Å². The summed E-state index contributed by atoms with van der Waals surface area (Å²) in [6.45, 7) is 0. The number of rotatable bonds is 2. The molecule has 0 fully saturated rings. The molecule has 0 bridgehead atoms. The predicted octanol–water partition coefficient (Wildman–Crippen LogP) is 4.05. The molecule has 1 heterocycles. The Labute approximate surface area is 131 Å². The number of hydrogen-bond donors (Lipinski definition) is 2. The highest BCUT2D eigenvalue weighted by molar-refractivity contribution is 5.56. The van der Waals surface area contributed by atoms with Crippen LogP contribution in [-0.4, -0.2) is 17.6 Å². The van der Waals surface area contributed by atoms with Gasteiger partial charge in [-0.25, -0.2) is 0 Å². The van der Waals surface area contributed by atoms with E-state index in [1.165, 1.54) is 12.1 Å². The van der Waals surface area contributed by atoms with Gasteiger partial charge in [0.05, 0.1) is 12.1 Å². The van der Waals surface area contributed by atoms with Crippen LogP contribution in [0.4, 0.5) is 18.9 Å². The van der Waals surface area contributed by atoms with Gasteiger partial charge in [-0.1, -0.05) is 30.3 Å². The van der Waals surface area contributed by atoms with Crippen LogP contribution in [0, 0.1) is 0 Å². The number of halogens is 3. The van der Waals surface area contributed by atoms with Crippen molar-refractivity contribution in [1.82, 2.24) is 0 Å². The molecule has 0 amide bonds. The molecule has 1 aliphatic rings. The topological polar surface area (TPSA) is 41.5 Å². The van der Waals surface area contributed by atoms with Crippen molar-refractivity contribution in [2.75, 3.05) is 5.32 Å².